The maximum Gasteiger partial charge on any atom is 0.0467 e. The van der Waals surface area contributed by atoms with Crippen molar-refractivity contribution < 1.29 is 0 Å². The summed E-state index contributed by atoms with van der Waals surface area (Å²) in [5.74, 6) is 0. The molecule has 0 radical (unpaired) electrons. The Morgan fingerprint density at radius 1 is 0.174 bits per heavy atom. The topological polar surface area (TPSA) is 3.24 Å². The van der Waals surface area contributed by atoms with Gasteiger partial charge in [-0.05, 0) is 148 Å². The first-order chi connectivity index (χ1) is 34.2. The number of hydrogen-bond acceptors (Lipinski definition) is 1. The lowest BCUT2D eigenvalue weighted by Crippen LogP contribution is -2.10. The Morgan fingerprint density at radius 3 is 1.10 bits per heavy atom. The maximum atomic E-state index is 2.39. The SMILES string of the molecule is c1ccc(-c2cccc(N(c3ccc(-c4ccc(-c5ccccc5)c(-c5ccccc5)c4)cc3)c3ccc(-c4ccc5c(-c6ccccc6)c(-c6ccccc6)c6ccccc6c5c4)cc3)c2)cc1. The summed E-state index contributed by atoms with van der Waals surface area (Å²) < 4.78 is 0. The van der Waals surface area contributed by atoms with Gasteiger partial charge in [-0.2, -0.15) is 0 Å². The number of rotatable bonds is 10. The van der Waals surface area contributed by atoms with Crippen LogP contribution < -0.4 is 4.90 Å². The Labute approximate surface area is 404 Å². The Bertz CT molecular complexity index is 3720. The molecule has 0 fully saturated rings. The summed E-state index contributed by atoms with van der Waals surface area (Å²) in [6.45, 7) is 0. The molecule has 0 unspecified atom stereocenters. The lowest BCUT2D eigenvalue weighted by Gasteiger charge is -2.26. The Morgan fingerprint density at radius 2 is 0.551 bits per heavy atom. The summed E-state index contributed by atoms with van der Waals surface area (Å²) in [6, 6.07) is 103. The van der Waals surface area contributed by atoms with Crippen molar-refractivity contribution in [2.24, 2.45) is 0 Å². The van der Waals surface area contributed by atoms with Gasteiger partial charge in [-0.1, -0.05) is 237 Å². The molecule has 0 aromatic heterocycles. The molecule has 12 rings (SSSR count). The monoisotopic (exact) mass is 877 g/mol. The van der Waals surface area contributed by atoms with E-state index in [1.807, 2.05) is 0 Å². The second kappa shape index (κ2) is 18.3. The van der Waals surface area contributed by atoms with E-state index >= 15 is 0 Å². The molecule has 0 aliphatic carbocycles. The average Bonchev–Trinajstić information content (AvgIpc) is 3.44. The minimum Gasteiger partial charge on any atom is -0.310 e. The summed E-state index contributed by atoms with van der Waals surface area (Å²) in [7, 11) is 0. The van der Waals surface area contributed by atoms with E-state index in [1.54, 1.807) is 0 Å². The summed E-state index contributed by atoms with van der Waals surface area (Å²) in [6.07, 6.45) is 0. The summed E-state index contributed by atoms with van der Waals surface area (Å²) in [4.78, 5) is 2.37. The number of benzene rings is 12. The Kier molecular flexibility index (Phi) is 11.0. The average molecular weight is 878 g/mol. The van der Waals surface area contributed by atoms with Crippen LogP contribution in [0, 0.1) is 0 Å². The highest BCUT2D eigenvalue weighted by molar-refractivity contribution is 6.22. The van der Waals surface area contributed by atoms with Crippen LogP contribution in [0.5, 0.6) is 0 Å². The van der Waals surface area contributed by atoms with Gasteiger partial charge >= 0.3 is 0 Å². The Balaban J connectivity index is 0.948. The molecule has 1 heteroatoms. The minimum absolute atomic E-state index is 1.08. The van der Waals surface area contributed by atoms with Gasteiger partial charge in [-0.15, -0.1) is 0 Å². The van der Waals surface area contributed by atoms with Gasteiger partial charge in [0.2, 0.25) is 0 Å². The molecule has 324 valence electrons. The fraction of sp³-hybridized carbons (Fsp3) is 0. The molecule has 12 aromatic carbocycles. The van der Waals surface area contributed by atoms with Crippen molar-refractivity contribution in [3.63, 3.8) is 0 Å². The van der Waals surface area contributed by atoms with E-state index < -0.39 is 0 Å². The maximum absolute atomic E-state index is 2.39. The van der Waals surface area contributed by atoms with Crippen LogP contribution in [0.4, 0.5) is 17.1 Å². The molecule has 0 aliphatic rings. The van der Waals surface area contributed by atoms with Crippen molar-refractivity contribution in [3.05, 3.63) is 285 Å². The lowest BCUT2D eigenvalue weighted by atomic mass is 9.84. The largest absolute Gasteiger partial charge is 0.310 e. The van der Waals surface area contributed by atoms with Crippen molar-refractivity contribution in [3.8, 4) is 77.9 Å². The molecule has 1 nitrogen and oxygen atoms in total. The third kappa shape index (κ3) is 8.07. The highest BCUT2D eigenvalue weighted by Gasteiger charge is 2.19. The molecule has 0 saturated carbocycles. The van der Waals surface area contributed by atoms with Crippen molar-refractivity contribution in [2.45, 2.75) is 0 Å². The predicted molar refractivity (Wildman–Crippen MR) is 294 cm³/mol. The van der Waals surface area contributed by atoms with Gasteiger partial charge in [-0.25, -0.2) is 0 Å². The van der Waals surface area contributed by atoms with E-state index in [0.717, 1.165) is 17.1 Å². The van der Waals surface area contributed by atoms with E-state index in [1.165, 1.54) is 99.4 Å². The first kappa shape index (κ1) is 41.4. The molecule has 0 aliphatic heterocycles. The van der Waals surface area contributed by atoms with Crippen molar-refractivity contribution >= 4 is 38.6 Å². The van der Waals surface area contributed by atoms with Gasteiger partial charge in [0.1, 0.15) is 0 Å². The zero-order chi connectivity index (χ0) is 45.9. The van der Waals surface area contributed by atoms with Crippen molar-refractivity contribution in [1.29, 1.82) is 0 Å². The molecule has 0 saturated heterocycles. The van der Waals surface area contributed by atoms with Gasteiger partial charge in [0.05, 0.1) is 0 Å². The first-order valence-electron chi connectivity index (χ1n) is 23.7. The molecule has 0 bridgehead atoms. The molecule has 0 heterocycles. The fourth-order valence-corrected chi connectivity index (χ4v) is 10.1. The molecular weight excluding hydrogens is 831 g/mol. The number of hydrogen-bond donors (Lipinski definition) is 0. The zero-order valence-corrected chi connectivity index (χ0v) is 38.1. The number of nitrogens with zero attached hydrogens (tertiary/aromatic N) is 1. The summed E-state index contributed by atoms with van der Waals surface area (Å²) in [5, 5.41) is 5.00. The molecule has 69 heavy (non-hydrogen) atoms. The van der Waals surface area contributed by atoms with Crippen LogP contribution >= 0.6 is 0 Å². The standard InChI is InChI=1S/C68H47N/c1-6-19-48(20-7-1)55-29-18-30-60(45-55)69(58-39-33-49(34-40-58)56-37-43-61(51-21-8-2-9-22-51)65(46-56)52-23-10-3-11-24-52)59-41-35-50(36-42-59)57-38-44-64-66(47-57)62-31-16-17-32-63(62)67(53-25-12-4-13-26-53)68(64)54-27-14-5-15-28-54/h1-47H. The third-order valence-corrected chi connectivity index (χ3v) is 13.5. The van der Waals surface area contributed by atoms with Gasteiger partial charge in [0.25, 0.3) is 0 Å². The van der Waals surface area contributed by atoms with Crippen LogP contribution in [0.25, 0.3) is 99.4 Å². The van der Waals surface area contributed by atoms with E-state index in [2.05, 4.69) is 290 Å². The first-order valence-corrected chi connectivity index (χ1v) is 23.7. The van der Waals surface area contributed by atoms with E-state index in [-0.39, 0.29) is 0 Å². The molecule has 0 atom stereocenters. The summed E-state index contributed by atoms with van der Waals surface area (Å²) >= 11 is 0. The molecule has 0 spiro atoms. The normalized spacial score (nSPS) is 11.2. The van der Waals surface area contributed by atoms with E-state index in [0.29, 0.717) is 0 Å². The second-order valence-corrected chi connectivity index (χ2v) is 17.6. The predicted octanol–water partition coefficient (Wildman–Crippen LogP) is 19.1. The van der Waals surface area contributed by atoms with E-state index in [4.69, 9.17) is 0 Å². The van der Waals surface area contributed by atoms with Crippen LogP contribution in [0.15, 0.2) is 285 Å². The van der Waals surface area contributed by atoms with E-state index in [9.17, 15) is 0 Å². The number of anilines is 3. The number of fused-ring (bicyclic) bond motifs is 3. The van der Waals surface area contributed by atoms with Gasteiger partial charge in [-0.3, -0.25) is 0 Å². The van der Waals surface area contributed by atoms with Crippen LogP contribution in [0.2, 0.25) is 0 Å². The van der Waals surface area contributed by atoms with Gasteiger partial charge in [0, 0.05) is 17.1 Å². The van der Waals surface area contributed by atoms with Gasteiger partial charge in [0.15, 0.2) is 0 Å². The molecular formula is C68H47N. The quantitative estimate of drug-likeness (QED) is 0.124. The third-order valence-electron chi connectivity index (χ3n) is 13.5. The minimum atomic E-state index is 1.08. The smallest absolute Gasteiger partial charge is 0.0467 e. The Hall–Kier alpha value is -9.04. The van der Waals surface area contributed by atoms with Crippen LogP contribution in [0.1, 0.15) is 0 Å². The van der Waals surface area contributed by atoms with Gasteiger partial charge < -0.3 is 4.90 Å². The highest BCUT2D eigenvalue weighted by atomic mass is 15.1. The van der Waals surface area contributed by atoms with Crippen molar-refractivity contribution in [1.82, 2.24) is 0 Å². The molecule has 0 N–H and O–H groups in total. The zero-order valence-electron chi connectivity index (χ0n) is 38.1. The second-order valence-electron chi connectivity index (χ2n) is 17.6. The van der Waals surface area contributed by atoms with Crippen LogP contribution in [0.3, 0.4) is 0 Å². The lowest BCUT2D eigenvalue weighted by molar-refractivity contribution is 1.28. The molecule has 12 aromatic rings. The fourth-order valence-electron chi connectivity index (χ4n) is 10.1. The highest BCUT2D eigenvalue weighted by Crippen LogP contribution is 2.46. The summed E-state index contributed by atoms with van der Waals surface area (Å²) in [5.41, 5.74) is 20.1. The van der Waals surface area contributed by atoms with Crippen LogP contribution in [-0.4, -0.2) is 0 Å². The molecule has 0 amide bonds. The van der Waals surface area contributed by atoms with Crippen LogP contribution in [-0.2, 0) is 0 Å². The van der Waals surface area contributed by atoms with Crippen molar-refractivity contribution in [2.75, 3.05) is 4.90 Å².